The number of hydrogen-bond acceptors (Lipinski definition) is 2. The van der Waals surface area contributed by atoms with Gasteiger partial charge in [0, 0.05) is 6.54 Å². The second-order valence-corrected chi connectivity index (χ2v) is 4.87. The molecular weight excluding hydrogens is 258 g/mol. The molecule has 0 saturated carbocycles. The Morgan fingerprint density at radius 2 is 1.67 bits per heavy atom. The molecule has 0 aliphatic heterocycles. The molecule has 0 atom stereocenters. The van der Waals surface area contributed by atoms with E-state index in [1.54, 1.807) is 0 Å². The number of hydrogen-bond donors (Lipinski definition) is 1. The van der Waals surface area contributed by atoms with Crippen LogP contribution in [0.4, 0.5) is 0 Å². The van der Waals surface area contributed by atoms with Crippen LogP contribution in [-0.4, -0.2) is 20.2 Å². The van der Waals surface area contributed by atoms with Crippen molar-refractivity contribution in [2.24, 2.45) is 0 Å². The van der Waals surface area contributed by atoms with E-state index in [9.17, 15) is 0 Å². The van der Waals surface area contributed by atoms with Crippen LogP contribution in [0.25, 0.3) is 5.57 Å². The van der Waals surface area contributed by atoms with Gasteiger partial charge in [0.05, 0.1) is 0 Å². The third kappa shape index (κ3) is 4.47. The van der Waals surface area contributed by atoms with Crippen LogP contribution in [0.5, 0.6) is 5.75 Å². The van der Waals surface area contributed by atoms with Crippen LogP contribution >= 0.6 is 0 Å². The zero-order valence-electron chi connectivity index (χ0n) is 12.8. The number of allylic oxidation sites excluding steroid dienone is 1. The highest BCUT2D eigenvalue weighted by molar-refractivity contribution is 5.79. The summed E-state index contributed by atoms with van der Waals surface area (Å²) in [6, 6.07) is 18.8. The van der Waals surface area contributed by atoms with Gasteiger partial charge >= 0.3 is 0 Å². The summed E-state index contributed by atoms with van der Waals surface area (Å²) >= 11 is 0. The minimum Gasteiger partial charge on any atom is -0.492 e. The van der Waals surface area contributed by atoms with Gasteiger partial charge in [-0.1, -0.05) is 55.5 Å². The van der Waals surface area contributed by atoms with Gasteiger partial charge in [0.15, 0.2) is 0 Å². The molecule has 0 amide bonds. The maximum Gasteiger partial charge on any atom is 0.119 e. The zero-order valence-corrected chi connectivity index (χ0v) is 12.8. The van der Waals surface area contributed by atoms with Gasteiger partial charge in [-0.3, -0.25) is 0 Å². The fourth-order valence-corrected chi connectivity index (χ4v) is 2.23. The molecule has 2 heteroatoms. The number of nitrogens with one attached hydrogen (secondary N) is 1. The molecule has 0 fully saturated rings. The van der Waals surface area contributed by atoms with Crippen molar-refractivity contribution in [1.82, 2.24) is 5.32 Å². The van der Waals surface area contributed by atoms with E-state index >= 15 is 0 Å². The Morgan fingerprint density at radius 1 is 1.00 bits per heavy atom. The van der Waals surface area contributed by atoms with Crippen LogP contribution in [0, 0.1) is 0 Å². The van der Waals surface area contributed by atoms with Gasteiger partial charge in [-0.25, -0.2) is 0 Å². The third-order valence-electron chi connectivity index (χ3n) is 3.28. The molecule has 2 aromatic carbocycles. The molecule has 0 heterocycles. The monoisotopic (exact) mass is 281 g/mol. The summed E-state index contributed by atoms with van der Waals surface area (Å²) in [6.07, 6.45) is 3.29. The average Bonchev–Trinajstić information content (AvgIpc) is 2.54. The van der Waals surface area contributed by atoms with Gasteiger partial charge < -0.3 is 10.1 Å². The van der Waals surface area contributed by atoms with Crippen molar-refractivity contribution in [3.8, 4) is 5.75 Å². The third-order valence-corrected chi connectivity index (χ3v) is 3.28. The van der Waals surface area contributed by atoms with Crippen LogP contribution in [0.2, 0.25) is 0 Å². The van der Waals surface area contributed by atoms with Crippen LogP contribution in [-0.2, 0) is 0 Å². The zero-order chi connectivity index (χ0) is 14.9. The molecule has 0 aliphatic carbocycles. The predicted molar refractivity (Wildman–Crippen MR) is 89.7 cm³/mol. The van der Waals surface area contributed by atoms with E-state index in [1.807, 2.05) is 25.2 Å². The fourth-order valence-electron chi connectivity index (χ4n) is 2.23. The Hall–Kier alpha value is -2.06. The summed E-state index contributed by atoms with van der Waals surface area (Å²) < 4.78 is 5.66. The first-order valence-corrected chi connectivity index (χ1v) is 7.48. The van der Waals surface area contributed by atoms with Crippen LogP contribution in [0.1, 0.15) is 24.5 Å². The van der Waals surface area contributed by atoms with E-state index in [2.05, 4.69) is 54.7 Å². The first kappa shape index (κ1) is 15.3. The summed E-state index contributed by atoms with van der Waals surface area (Å²) in [6.45, 7) is 3.71. The normalized spacial score (nSPS) is 11.4. The van der Waals surface area contributed by atoms with Gasteiger partial charge in [0.25, 0.3) is 0 Å². The maximum absolute atomic E-state index is 5.66. The Kier molecular flexibility index (Phi) is 6.04. The molecule has 0 saturated heterocycles. The minimum atomic E-state index is 0.687. The average molecular weight is 281 g/mol. The molecule has 21 heavy (non-hydrogen) atoms. The number of likely N-dealkylation sites (N-methyl/N-ethyl adjacent to an activating group) is 1. The van der Waals surface area contributed by atoms with Crippen molar-refractivity contribution >= 4 is 5.57 Å². The maximum atomic E-state index is 5.66. The molecule has 0 radical (unpaired) electrons. The predicted octanol–water partition coefficient (Wildman–Crippen LogP) is 4.13. The molecule has 0 spiro atoms. The van der Waals surface area contributed by atoms with Crippen LogP contribution in [0.15, 0.2) is 60.7 Å². The van der Waals surface area contributed by atoms with Crippen LogP contribution in [0.3, 0.4) is 0 Å². The van der Waals surface area contributed by atoms with Crippen molar-refractivity contribution in [2.75, 3.05) is 20.2 Å². The molecule has 0 aliphatic rings. The second kappa shape index (κ2) is 8.28. The highest BCUT2D eigenvalue weighted by Gasteiger charge is 2.04. The summed E-state index contributed by atoms with van der Waals surface area (Å²) in [4.78, 5) is 0. The number of ether oxygens (including phenoxy) is 1. The van der Waals surface area contributed by atoms with Gasteiger partial charge in [0.1, 0.15) is 12.4 Å². The lowest BCUT2D eigenvalue weighted by Gasteiger charge is -2.10. The number of rotatable bonds is 7. The lowest BCUT2D eigenvalue weighted by atomic mass is 9.97. The van der Waals surface area contributed by atoms with Crippen molar-refractivity contribution in [1.29, 1.82) is 0 Å². The molecule has 0 bridgehead atoms. The molecule has 0 aromatic heterocycles. The van der Waals surface area contributed by atoms with E-state index in [0.717, 1.165) is 18.7 Å². The Bertz CT molecular complexity index is 558. The molecule has 2 aromatic rings. The molecular formula is C19H23NO. The Morgan fingerprint density at radius 3 is 2.29 bits per heavy atom. The quantitative estimate of drug-likeness (QED) is 0.771. The molecule has 1 N–H and O–H groups in total. The highest BCUT2D eigenvalue weighted by Crippen LogP contribution is 2.25. The van der Waals surface area contributed by atoms with Crippen molar-refractivity contribution in [2.45, 2.75) is 13.3 Å². The first-order chi connectivity index (χ1) is 10.3. The Labute approximate surface area is 127 Å². The molecule has 110 valence electrons. The highest BCUT2D eigenvalue weighted by atomic mass is 16.5. The lowest BCUT2D eigenvalue weighted by Crippen LogP contribution is -2.15. The van der Waals surface area contributed by atoms with Crippen LogP contribution < -0.4 is 10.1 Å². The summed E-state index contributed by atoms with van der Waals surface area (Å²) in [5, 5.41) is 3.07. The van der Waals surface area contributed by atoms with E-state index in [4.69, 9.17) is 4.74 Å². The lowest BCUT2D eigenvalue weighted by molar-refractivity contribution is 0.318. The van der Waals surface area contributed by atoms with Gasteiger partial charge in [-0.05, 0) is 42.3 Å². The van der Waals surface area contributed by atoms with Crippen molar-refractivity contribution in [3.63, 3.8) is 0 Å². The van der Waals surface area contributed by atoms with Crippen molar-refractivity contribution in [3.05, 3.63) is 71.8 Å². The minimum absolute atomic E-state index is 0.687. The summed E-state index contributed by atoms with van der Waals surface area (Å²) in [7, 11) is 1.92. The fraction of sp³-hybridized carbons (Fsp3) is 0.263. The van der Waals surface area contributed by atoms with E-state index in [-0.39, 0.29) is 0 Å². The van der Waals surface area contributed by atoms with Crippen molar-refractivity contribution < 1.29 is 4.74 Å². The topological polar surface area (TPSA) is 21.3 Å². The van der Waals surface area contributed by atoms with E-state index < -0.39 is 0 Å². The molecule has 2 rings (SSSR count). The SMILES string of the molecule is CC/C=C(\c1ccccc1)c1ccc(OCCNC)cc1. The second-order valence-electron chi connectivity index (χ2n) is 4.87. The number of benzene rings is 2. The molecule has 2 nitrogen and oxygen atoms in total. The summed E-state index contributed by atoms with van der Waals surface area (Å²) in [5.41, 5.74) is 3.76. The Balaban J connectivity index is 2.17. The van der Waals surface area contributed by atoms with Gasteiger partial charge in [0.2, 0.25) is 0 Å². The van der Waals surface area contributed by atoms with E-state index in [0.29, 0.717) is 6.61 Å². The first-order valence-electron chi connectivity index (χ1n) is 7.48. The largest absolute Gasteiger partial charge is 0.492 e. The summed E-state index contributed by atoms with van der Waals surface area (Å²) in [5.74, 6) is 0.915. The van der Waals surface area contributed by atoms with Gasteiger partial charge in [-0.15, -0.1) is 0 Å². The smallest absolute Gasteiger partial charge is 0.119 e. The molecule has 0 unspecified atom stereocenters. The standard InChI is InChI=1S/C19H23NO/c1-3-7-19(16-8-5-4-6-9-16)17-10-12-18(13-11-17)21-15-14-20-2/h4-13,20H,3,14-15H2,1-2H3/b19-7+. The van der Waals surface area contributed by atoms with Gasteiger partial charge in [-0.2, -0.15) is 0 Å². The van der Waals surface area contributed by atoms with E-state index in [1.165, 1.54) is 16.7 Å².